The van der Waals surface area contributed by atoms with Crippen molar-refractivity contribution in [3.8, 4) is 11.5 Å². The Morgan fingerprint density at radius 3 is 2.62 bits per heavy atom. The van der Waals surface area contributed by atoms with Gasteiger partial charge in [0.1, 0.15) is 0 Å². The molecule has 21 heavy (non-hydrogen) atoms. The van der Waals surface area contributed by atoms with E-state index >= 15 is 0 Å². The van der Waals surface area contributed by atoms with Crippen molar-refractivity contribution in [3.63, 3.8) is 0 Å². The molecule has 0 saturated carbocycles. The number of aromatic nitrogens is 1. The van der Waals surface area contributed by atoms with Gasteiger partial charge in [-0.3, -0.25) is 0 Å². The van der Waals surface area contributed by atoms with Crippen LogP contribution in [0.1, 0.15) is 22.2 Å². The standard InChI is InChI=1S/C15H19ClN2O2S/c1-9-8-21-15(18-9)11(7-17)4-10-5-12(16)6-13(19-2)14(10)20-3/h5-6,8,11H,4,7,17H2,1-3H3. The second kappa shape index (κ2) is 7.11. The summed E-state index contributed by atoms with van der Waals surface area (Å²) in [4.78, 5) is 4.53. The average Bonchev–Trinajstić information content (AvgIpc) is 2.90. The third-order valence-corrected chi connectivity index (χ3v) is 4.60. The van der Waals surface area contributed by atoms with Crippen LogP contribution in [0, 0.1) is 6.92 Å². The molecule has 0 spiro atoms. The molecule has 0 radical (unpaired) electrons. The van der Waals surface area contributed by atoms with Crippen LogP contribution in [0.4, 0.5) is 0 Å². The zero-order chi connectivity index (χ0) is 15.4. The Hall–Kier alpha value is -1.30. The summed E-state index contributed by atoms with van der Waals surface area (Å²) in [5.41, 5.74) is 7.92. The number of nitrogens with two attached hydrogens (primary N) is 1. The van der Waals surface area contributed by atoms with Gasteiger partial charge >= 0.3 is 0 Å². The highest BCUT2D eigenvalue weighted by atomic mass is 35.5. The monoisotopic (exact) mass is 326 g/mol. The molecule has 114 valence electrons. The van der Waals surface area contributed by atoms with Crippen molar-refractivity contribution in [1.82, 2.24) is 4.98 Å². The Balaban J connectivity index is 2.34. The minimum absolute atomic E-state index is 0.140. The molecule has 1 aromatic heterocycles. The van der Waals surface area contributed by atoms with Crippen LogP contribution < -0.4 is 15.2 Å². The second-order valence-electron chi connectivity index (χ2n) is 4.76. The fourth-order valence-corrected chi connectivity index (χ4v) is 3.40. The molecule has 2 N–H and O–H groups in total. The number of hydrogen-bond donors (Lipinski definition) is 1. The predicted octanol–water partition coefficient (Wildman–Crippen LogP) is 3.41. The normalized spacial score (nSPS) is 12.2. The van der Waals surface area contributed by atoms with Crippen LogP contribution in [0.3, 0.4) is 0 Å². The van der Waals surface area contributed by atoms with Gasteiger partial charge in [-0.1, -0.05) is 11.6 Å². The van der Waals surface area contributed by atoms with Crippen molar-refractivity contribution in [3.05, 3.63) is 38.8 Å². The van der Waals surface area contributed by atoms with Gasteiger partial charge in [0.15, 0.2) is 11.5 Å². The first kappa shape index (κ1) is 16.1. The highest BCUT2D eigenvalue weighted by molar-refractivity contribution is 7.09. The van der Waals surface area contributed by atoms with E-state index in [2.05, 4.69) is 4.98 Å². The van der Waals surface area contributed by atoms with E-state index in [-0.39, 0.29) is 5.92 Å². The molecule has 0 aliphatic rings. The molecule has 0 amide bonds. The van der Waals surface area contributed by atoms with Crippen LogP contribution in [-0.4, -0.2) is 25.7 Å². The van der Waals surface area contributed by atoms with Gasteiger partial charge in [0, 0.05) is 40.2 Å². The maximum absolute atomic E-state index is 6.15. The molecule has 1 aromatic carbocycles. The molecule has 2 aromatic rings. The number of aryl methyl sites for hydroxylation is 1. The molecule has 0 aliphatic heterocycles. The number of benzene rings is 1. The first-order valence-corrected chi connectivity index (χ1v) is 7.87. The maximum atomic E-state index is 6.15. The summed E-state index contributed by atoms with van der Waals surface area (Å²) in [5.74, 6) is 1.47. The van der Waals surface area contributed by atoms with Crippen molar-refractivity contribution in [1.29, 1.82) is 0 Å². The number of rotatable bonds is 6. The lowest BCUT2D eigenvalue weighted by atomic mass is 9.98. The molecular formula is C15H19ClN2O2S. The molecule has 4 nitrogen and oxygen atoms in total. The van der Waals surface area contributed by atoms with Gasteiger partial charge in [0.05, 0.1) is 19.2 Å². The van der Waals surface area contributed by atoms with Gasteiger partial charge in [-0.05, 0) is 19.4 Å². The van der Waals surface area contributed by atoms with Crippen molar-refractivity contribution >= 4 is 22.9 Å². The number of halogens is 1. The predicted molar refractivity (Wildman–Crippen MR) is 86.9 cm³/mol. The average molecular weight is 327 g/mol. The summed E-state index contributed by atoms with van der Waals surface area (Å²) in [6.07, 6.45) is 0.712. The Bertz CT molecular complexity index is 616. The molecule has 2 rings (SSSR count). The zero-order valence-electron chi connectivity index (χ0n) is 12.4. The summed E-state index contributed by atoms with van der Waals surface area (Å²) >= 11 is 7.79. The van der Waals surface area contributed by atoms with Gasteiger partial charge in [0.2, 0.25) is 0 Å². The van der Waals surface area contributed by atoms with E-state index in [4.69, 9.17) is 26.8 Å². The first-order chi connectivity index (χ1) is 10.1. The summed E-state index contributed by atoms with van der Waals surface area (Å²) in [6.45, 7) is 2.50. The summed E-state index contributed by atoms with van der Waals surface area (Å²) in [6, 6.07) is 3.64. The van der Waals surface area contributed by atoms with Crippen LogP contribution in [-0.2, 0) is 6.42 Å². The van der Waals surface area contributed by atoms with Crippen LogP contribution in [0.15, 0.2) is 17.5 Å². The zero-order valence-corrected chi connectivity index (χ0v) is 13.9. The van der Waals surface area contributed by atoms with Crippen molar-refractivity contribution in [2.45, 2.75) is 19.3 Å². The van der Waals surface area contributed by atoms with Crippen LogP contribution in [0.5, 0.6) is 11.5 Å². The van der Waals surface area contributed by atoms with E-state index in [9.17, 15) is 0 Å². The van der Waals surface area contributed by atoms with Crippen molar-refractivity contribution in [2.24, 2.45) is 5.73 Å². The number of nitrogens with zero attached hydrogens (tertiary/aromatic N) is 1. The van der Waals surface area contributed by atoms with Crippen molar-refractivity contribution in [2.75, 3.05) is 20.8 Å². The Labute approximate surface area is 133 Å². The van der Waals surface area contributed by atoms with Crippen LogP contribution in [0.25, 0.3) is 0 Å². The fourth-order valence-electron chi connectivity index (χ4n) is 2.25. The highest BCUT2D eigenvalue weighted by Gasteiger charge is 2.19. The SMILES string of the molecule is COc1cc(Cl)cc(CC(CN)c2nc(C)cs2)c1OC. The maximum Gasteiger partial charge on any atom is 0.164 e. The summed E-state index contributed by atoms with van der Waals surface area (Å²) in [5, 5.41) is 3.69. The van der Waals surface area contributed by atoms with E-state index in [0.29, 0.717) is 29.5 Å². The van der Waals surface area contributed by atoms with Crippen molar-refractivity contribution < 1.29 is 9.47 Å². The third-order valence-electron chi connectivity index (χ3n) is 3.26. The molecule has 6 heteroatoms. The van der Waals surface area contributed by atoms with E-state index in [1.807, 2.05) is 18.4 Å². The largest absolute Gasteiger partial charge is 0.493 e. The molecule has 0 saturated heterocycles. The molecule has 0 bridgehead atoms. The van der Waals surface area contributed by atoms with Gasteiger partial charge < -0.3 is 15.2 Å². The fraction of sp³-hybridized carbons (Fsp3) is 0.400. The highest BCUT2D eigenvalue weighted by Crippen LogP contribution is 2.37. The minimum atomic E-state index is 0.140. The molecular weight excluding hydrogens is 308 g/mol. The Morgan fingerprint density at radius 2 is 2.10 bits per heavy atom. The molecule has 0 aliphatic carbocycles. The number of ether oxygens (including phenoxy) is 2. The molecule has 1 unspecified atom stereocenters. The van der Waals surface area contributed by atoms with Crippen LogP contribution >= 0.6 is 22.9 Å². The molecule has 0 fully saturated rings. The summed E-state index contributed by atoms with van der Waals surface area (Å²) < 4.78 is 10.8. The number of hydrogen-bond acceptors (Lipinski definition) is 5. The Kier molecular flexibility index (Phi) is 5.45. The topological polar surface area (TPSA) is 57.4 Å². The van der Waals surface area contributed by atoms with E-state index in [0.717, 1.165) is 16.3 Å². The Morgan fingerprint density at radius 1 is 1.33 bits per heavy atom. The number of methoxy groups -OCH3 is 2. The van der Waals surface area contributed by atoms with E-state index in [1.54, 1.807) is 31.6 Å². The molecule has 1 atom stereocenters. The van der Waals surface area contributed by atoms with Gasteiger partial charge in [0.25, 0.3) is 0 Å². The summed E-state index contributed by atoms with van der Waals surface area (Å²) in [7, 11) is 3.23. The minimum Gasteiger partial charge on any atom is -0.493 e. The van der Waals surface area contributed by atoms with Gasteiger partial charge in [-0.15, -0.1) is 11.3 Å². The van der Waals surface area contributed by atoms with E-state index in [1.165, 1.54) is 0 Å². The lowest BCUT2D eigenvalue weighted by molar-refractivity contribution is 0.351. The van der Waals surface area contributed by atoms with Gasteiger partial charge in [-0.2, -0.15) is 0 Å². The lowest BCUT2D eigenvalue weighted by Crippen LogP contribution is -2.15. The van der Waals surface area contributed by atoms with Gasteiger partial charge in [-0.25, -0.2) is 4.98 Å². The molecule has 1 heterocycles. The second-order valence-corrected chi connectivity index (χ2v) is 6.09. The first-order valence-electron chi connectivity index (χ1n) is 6.61. The smallest absolute Gasteiger partial charge is 0.164 e. The quantitative estimate of drug-likeness (QED) is 0.883. The van der Waals surface area contributed by atoms with Crippen LogP contribution in [0.2, 0.25) is 5.02 Å². The number of thiazole rings is 1. The van der Waals surface area contributed by atoms with E-state index < -0.39 is 0 Å². The lowest BCUT2D eigenvalue weighted by Gasteiger charge is -2.17. The third kappa shape index (κ3) is 3.67.